The number of fused-ring (bicyclic) bond motifs is 1. The second kappa shape index (κ2) is 12.0. The normalized spacial score (nSPS) is 17.7. The molecule has 1 N–H and O–H groups in total. The number of aromatic carboxylic acids is 1. The van der Waals surface area contributed by atoms with Crippen molar-refractivity contribution in [3.63, 3.8) is 0 Å². The number of ketones is 1. The van der Waals surface area contributed by atoms with Gasteiger partial charge in [0.05, 0.1) is 41.4 Å². The molecule has 0 saturated carbocycles. The van der Waals surface area contributed by atoms with E-state index in [1.807, 2.05) is 12.1 Å². The third-order valence-corrected chi connectivity index (χ3v) is 8.17. The van der Waals surface area contributed by atoms with Crippen molar-refractivity contribution in [1.29, 1.82) is 0 Å². The lowest BCUT2D eigenvalue weighted by Gasteiger charge is -2.32. The number of carboxylic acid groups (broad SMARTS) is 1. The molecule has 2 fully saturated rings. The molecule has 6 rings (SSSR count). The molecule has 2 aromatic carbocycles. The van der Waals surface area contributed by atoms with Crippen LogP contribution in [-0.2, 0) is 24.4 Å². The van der Waals surface area contributed by atoms with E-state index in [4.69, 9.17) is 19.4 Å². The number of benzene rings is 2. The number of likely N-dealkylation sites (tertiary alicyclic amines) is 1. The van der Waals surface area contributed by atoms with Gasteiger partial charge in [-0.1, -0.05) is 12.1 Å². The first-order valence-electron chi connectivity index (χ1n) is 14.3. The number of carboxylic acids is 1. The Balaban J connectivity index is 1.09. The van der Waals surface area contributed by atoms with Gasteiger partial charge in [0.1, 0.15) is 18.2 Å². The summed E-state index contributed by atoms with van der Waals surface area (Å²) in [5.41, 5.74) is 3.55. The van der Waals surface area contributed by atoms with Crippen LogP contribution in [0.25, 0.3) is 11.0 Å². The average molecular weight is 573 g/mol. The summed E-state index contributed by atoms with van der Waals surface area (Å²) in [6.07, 6.45) is 2.98. The molecular formula is C32H33FN4O5. The molecule has 2 saturated heterocycles. The minimum atomic E-state index is -0.950. The van der Waals surface area contributed by atoms with Crippen molar-refractivity contribution in [3.8, 4) is 5.88 Å². The number of pyridine rings is 1. The van der Waals surface area contributed by atoms with Crippen LogP contribution in [-0.4, -0.2) is 62.1 Å². The SMILES string of the molecule is CC(=O)c1ccc(COc2cccc(C3CCN(Cc4nc5ccc(C(=O)O)cc5n4C[C@@H]4CCO4)CC3)n2)cc1F. The Labute approximate surface area is 242 Å². The maximum atomic E-state index is 14.2. The molecule has 0 spiro atoms. The van der Waals surface area contributed by atoms with E-state index < -0.39 is 11.8 Å². The van der Waals surface area contributed by atoms with E-state index >= 15 is 0 Å². The van der Waals surface area contributed by atoms with E-state index in [0.717, 1.165) is 61.5 Å². The number of Topliss-reactive ketones (excluding diaryl/α,β-unsaturated/α-hetero) is 1. The highest BCUT2D eigenvalue weighted by Crippen LogP contribution is 2.30. The molecule has 42 heavy (non-hydrogen) atoms. The van der Waals surface area contributed by atoms with E-state index in [0.29, 0.717) is 24.5 Å². The van der Waals surface area contributed by atoms with Gasteiger partial charge in [0.25, 0.3) is 0 Å². The van der Waals surface area contributed by atoms with E-state index in [2.05, 4.69) is 9.47 Å². The molecular weight excluding hydrogens is 539 g/mol. The zero-order valence-corrected chi connectivity index (χ0v) is 23.5. The second-order valence-corrected chi connectivity index (χ2v) is 11.0. The van der Waals surface area contributed by atoms with Gasteiger partial charge in [0, 0.05) is 24.3 Å². The largest absolute Gasteiger partial charge is 0.478 e. The Morgan fingerprint density at radius 3 is 2.57 bits per heavy atom. The van der Waals surface area contributed by atoms with Gasteiger partial charge in [0.15, 0.2) is 5.78 Å². The molecule has 0 aliphatic carbocycles. The summed E-state index contributed by atoms with van der Waals surface area (Å²) in [6.45, 7) is 5.35. The molecule has 1 atom stereocenters. The van der Waals surface area contributed by atoms with Crippen LogP contribution in [0.5, 0.6) is 5.88 Å². The van der Waals surface area contributed by atoms with Gasteiger partial charge in [-0.05, 0) is 81.2 Å². The highest BCUT2D eigenvalue weighted by molar-refractivity contribution is 5.94. The van der Waals surface area contributed by atoms with E-state index in [-0.39, 0.29) is 35.5 Å². The maximum absolute atomic E-state index is 14.2. The molecule has 2 aliphatic rings. The monoisotopic (exact) mass is 572 g/mol. The molecule has 2 aliphatic heterocycles. The van der Waals surface area contributed by atoms with Crippen LogP contribution < -0.4 is 4.74 Å². The number of hydrogen-bond acceptors (Lipinski definition) is 7. The van der Waals surface area contributed by atoms with Crippen LogP contribution in [0.1, 0.15) is 69.9 Å². The quantitative estimate of drug-likeness (QED) is 0.258. The minimum absolute atomic E-state index is 0.0715. The Bertz CT molecular complexity index is 1620. The van der Waals surface area contributed by atoms with Crippen molar-refractivity contribution < 1.29 is 28.6 Å². The maximum Gasteiger partial charge on any atom is 0.335 e. The second-order valence-electron chi connectivity index (χ2n) is 11.0. The summed E-state index contributed by atoms with van der Waals surface area (Å²) in [7, 11) is 0. The lowest BCUT2D eigenvalue weighted by Crippen LogP contribution is -2.35. The van der Waals surface area contributed by atoms with Crippen LogP contribution in [0.2, 0.25) is 0 Å². The van der Waals surface area contributed by atoms with Crippen molar-refractivity contribution in [1.82, 2.24) is 19.4 Å². The van der Waals surface area contributed by atoms with Gasteiger partial charge < -0.3 is 19.1 Å². The summed E-state index contributed by atoms with van der Waals surface area (Å²) >= 11 is 0. The summed E-state index contributed by atoms with van der Waals surface area (Å²) in [5.74, 6) is -0.113. The number of hydrogen-bond donors (Lipinski definition) is 1. The fourth-order valence-corrected chi connectivity index (χ4v) is 5.68. The first kappa shape index (κ1) is 28.0. The van der Waals surface area contributed by atoms with Gasteiger partial charge in [-0.2, -0.15) is 0 Å². The molecule has 0 radical (unpaired) electrons. The number of carbonyl (C=O) groups is 2. The molecule has 218 valence electrons. The van der Waals surface area contributed by atoms with Gasteiger partial charge in [0.2, 0.25) is 5.88 Å². The van der Waals surface area contributed by atoms with Crippen molar-refractivity contribution in [2.45, 2.75) is 57.9 Å². The fourth-order valence-electron chi connectivity index (χ4n) is 5.68. The first-order chi connectivity index (χ1) is 20.3. The fraction of sp³-hybridized carbons (Fsp3) is 0.375. The van der Waals surface area contributed by atoms with Crippen LogP contribution in [0, 0.1) is 5.82 Å². The number of rotatable bonds is 10. The smallest absolute Gasteiger partial charge is 0.335 e. The third-order valence-electron chi connectivity index (χ3n) is 8.17. The average Bonchev–Trinajstić information content (AvgIpc) is 3.30. The summed E-state index contributed by atoms with van der Waals surface area (Å²) in [4.78, 5) is 35.1. The zero-order valence-electron chi connectivity index (χ0n) is 23.5. The molecule has 4 aromatic rings. The number of aromatic nitrogens is 3. The molecule has 4 heterocycles. The topological polar surface area (TPSA) is 107 Å². The summed E-state index contributed by atoms with van der Waals surface area (Å²) < 4.78 is 27.8. The highest BCUT2D eigenvalue weighted by atomic mass is 19.1. The van der Waals surface area contributed by atoms with E-state index in [1.54, 1.807) is 30.3 Å². The van der Waals surface area contributed by atoms with Crippen molar-refractivity contribution >= 4 is 22.8 Å². The van der Waals surface area contributed by atoms with Crippen molar-refractivity contribution in [3.05, 3.63) is 88.6 Å². The molecule has 0 amide bonds. The molecule has 0 unspecified atom stereocenters. The number of imidazole rings is 1. The minimum Gasteiger partial charge on any atom is -0.478 e. The lowest BCUT2D eigenvalue weighted by atomic mass is 9.93. The number of halogens is 1. The van der Waals surface area contributed by atoms with Gasteiger partial charge in [-0.25, -0.2) is 19.2 Å². The van der Waals surface area contributed by atoms with Gasteiger partial charge >= 0.3 is 5.97 Å². The molecule has 2 aromatic heterocycles. The predicted octanol–water partition coefficient (Wildman–Crippen LogP) is 5.22. The number of ether oxygens (including phenoxy) is 2. The number of nitrogens with zero attached hydrogens (tertiary/aromatic N) is 4. The lowest BCUT2D eigenvalue weighted by molar-refractivity contribution is -0.0592. The number of piperidine rings is 1. The Morgan fingerprint density at radius 2 is 1.88 bits per heavy atom. The van der Waals surface area contributed by atoms with Crippen LogP contribution in [0.3, 0.4) is 0 Å². The van der Waals surface area contributed by atoms with Gasteiger partial charge in [-0.15, -0.1) is 0 Å². The summed E-state index contributed by atoms with van der Waals surface area (Å²) in [6, 6.07) is 15.3. The molecule has 0 bridgehead atoms. The van der Waals surface area contributed by atoms with Gasteiger partial charge in [-0.3, -0.25) is 9.69 Å². The van der Waals surface area contributed by atoms with E-state index in [9.17, 15) is 19.1 Å². The molecule has 9 nitrogen and oxygen atoms in total. The third kappa shape index (κ3) is 6.05. The zero-order chi connectivity index (χ0) is 29.2. The van der Waals surface area contributed by atoms with Crippen molar-refractivity contribution in [2.75, 3.05) is 19.7 Å². The van der Waals surface area contributed by atoms with Crippen LogP contribution in [0.4, 0.5) is 4.39 Å². The Kier molecular flexibility index (Phi) is 7.99. The number of carbonyl (C=O) groups excluding carboxylic acids is 1. The highest BCUT2D eigenvalue weighted by Gasteiger charge is 2.26. The Hall–Kier alpha value is -4.15. The summed E-state index contributed by atoms with van der Waals surface area (Å²) in [5, 5.41) is 9.50. The standard InChI is InChI=1S/C32H33FN4O5/c1-20(38)25-7-5-21(15-26(25)33)19-42-31-4-2-3-27(35-31)22-9-12-36(13-10-22)18-30-34-28-8-6-23(32(39)40)16-29(28)37(30)17-24-11-14-41-24/h2-8,15-16,22,24H,9-14,17-19H2,1H3,(H,39,40)/t24-/m0/s1. The molecule has 10 heteroatoms. The van der Waals surface area contributed by atoms with Crippen LogP contribution in [0.15, 0.2) is 54.6 Å². The van der Waals surface area contributed by atoms with E-state index in [1.165, 1.54) is 19.1 Å². The predicted molar refractivity (Wildman–Crippen MR) is 153 cm³/mol. The van der Waals surface area contributed by atoms with Crippen LogP contribution >= 0.6 is 0 Å². The Morgan fingerprint density at radius 1 is 1.07 bits per heavy atom. The first-order valence-corrected chi connectivity index (χ1v) is 14.3. The van der Waals surface area contributed by atoms with Crippen molar-refractivity contribution in [2.24, 2.45) is 0 Å².